The molecule has 54 heavy (non-hydrogen) atoms. The molecule has 0 saturated heterocycles. The molecule has 8 rings (SSSR count). The first-order valence-electron chi connectivity index (χ1n) is 19.2. The molecule has 0 radical (unpaired) electrons. The highest BCUT2D eigenvalue weighted by atomic mass is 14.3. The number of fused-ring (bicyclic) bond motifs is 5. The van der Waals surface area contributed by atoms with Crippen molar-refractivity contribution < 1.29 is 0 Å². The van der Waals surface area contributed by atoms with Crippen molar-refractivity contribution in [3.63, 3.8) is 0 Å². The number of hydrogen-bond donors (Lipinski definition) is 0. The fourth-order valence-electron chi connectivity index (χ4n) is 8.17. The van der Waals surface area contributed by atoms with Crippen molar-refractivity contribution in [1.29, 1.82) is 0 Å². The quantitative estimate of drug-likeness (QED) is 0.161. The van der Waals surface area contributed by atoms with Crippen molar-refractivity contribution >= 4 is 35.5 Å². The van der Waals surface area contributed by atoms with Gasteiger partial charge in [0.05, 0.1) is 0 Å². The number of hydrogen-bond acceptors (Lipinski definition) is 0. The number of allylic oxidation sites excluding steroid dienone is 17. The molecule has 0 aromatic heterocycles. The van der Waals surface area contributed by atoms with E-state index in [1.54, 1.807) is 0 Å². The predicted molar refractivity (Wildman–Crippen MR) is 234 cm³/mol. The number of rotatable bonds is 8. The van der Waals surface area contributed by atoms with E-state index in [-0.39, 0.29) is 0 Å². The van der Waals surface area contributed by atoms with Crippen LogP contribution in [0.15, 0.2) is 198 Å². The molecule has 0 atom stereocenters. The van der Waals surface area contributed by atoms with Crippen molar-refractivity contribution in [3.8, 4) is 0 Å². The molecule has 0 spiro atoms. The van der Waals surface area contributed by atoms with Crippen LogP contribution < -0.4 is 10.4 Å². The van der Waals surface area contributed by atoms with Gasteiger partial charge in [-0.05, 0) is 157 Å². The van der Waals surface area contributed by atoms with Gasteiger partial charge < -0.3 is 0 Å². The van der Waals surface area contributed by atoms with Gasteiger partial charge in [-0.15, -0.1) is 0 Å². The summed E-state index contributed by atoms with van der Waals surface area (Å²) in [5, 5.41) is 2.55. The van der Waals surface area contributed by atoms with Gasteiger partial charge in [0.1, 0.15) is 0 Å². The highest BCUT2D eigenvalue weighted by molar-refractivity contribution is 6.00. The topological polar surface area (TPSA) is 0 Å². The molecule has 0 amide bonds. The Bertz CT molecular complexity index is 2620. The highest BCUT2D eigenvalue weighted by Gasteiger charge is 2.26. The fourth-order valence-corrected chi connectivity index (χ4v) is 8.17. The van der Waals surface area contributed by atoms with Crippen LogP contribution in [0.2, 0.25) is 0 Å². The molecule has 0 aliphatic heterocycles. The minimum absolute atomic E-state index is 0.821. The minimum Gasteiger partial charge on any atom is -0.0985 e. The van der Waals surface area contributed by atoms with Crippen molar-refractivity contribution in [1.82, 2.24) is 0 Å². The molecular weight excluding hydrogens is 649 g/mol. The molecule has 262 valence electrons. The Morgan fingerprint density at radius 3 is 2.30 bits per heavy atom. The summed E-state index contributed by atoms with van der Waals surface area (Å²) in [6.45, 7) is 12.8. The van der Waals surface area contributed by atoms with E-state index in [4.69, 9.17) is 0 Å². The standard InChI is InChI=1S/C54H46/c1-5-39(27-26-38(4)40(6-2)32-43-19-8-7-16-37(43)3)46-29-31-49-36-50(35-46)54(48-30-28-42-18-10-12-21-45(42)34-48)52-25-14-13-24-51(52)53(49)47-23-15-22-41-17-9-11-20-44(41)33-47/h5-9,11-14,16-17,19-35H,1-2,10,15,18,36H2,3-4H3/b38-26+,39-27+,40-32+. The van der Waals surface area contributed by atoms with Crippen molar-refractivity contribution in [2.24, 2.45) is 0 Å². The summed E-state index contributed by atoms with van der Waals surface area (Å²) in [7, 11) is 0. The molecule has 4 aliphatic carbocycles. The molecule has 0 heterocycles. The fraction of sp³-hybridized carbons (Fsp3) is 0.111. The molecule has 0 nitrogen and oxygen atoms in total. The van der Waals surface area contributed by atoms with Crippen LogP contribution >= 0.6 is 0 Å². The molecule has 0 saturated carbocycles. The molecule has 2 bridgehead atoms. The summed E-state index contributed by atoms with van der Waals surface area (Å²) in [4.78, 5) is 0. The Morgan fingerprint density at radius 1 is 0.704 bits per heavy atom. The summed E-state index contributed by atoms with van der Waals surface area (Å²) in [6, 6.07) is 33.4. The van der Waals surface area contributed by atoms with Crippen LogP contribution in [0, 0.1) is 6.92 Å². The average molecular weight is 695 g/mol. The van der Waals surface area contributed by atoms with Crippen LogP contribution in [0.25, 0.3) is 35.5 Å². The van der Waals surface area contributed by atoms with Crippen LogP contribution in [-0.4, -0.2) is 0 Å². The van der Waals surface area contributed by atoms with E-state index in [0.717, 1.165) is 48.0 Å². The van der Waals surface area contributed by atoms with Gasteiger partial charge in [-0.1, -0.05) is 165 Å². The van der Waals surface area contributed by atoms with E-state index in [2.05, 4.69) is 185 Å². The van der Waals surface area contributed by atoms with Gasteiger partial charge in [-0.3, -0.25) is 0 Å². The Morgan fingerprint density at radius 2 is 1.48 bits per heavy atom. The largest absolute Gasteiger partial charge is 0.0985 e. The second-order valence-corrected chi connectivity index (χ2v) is 14.5. The van der Waals surface area contributed by atoms with E-state index in [9.17, 15) is 0 Å². The number of benzene rings is 4. The van der Waals surface area contributed by atoms with Gasteiger partial charge in [0, 0.05) is 0 Å². The normalized spacial score (nSPS) is 16.7. The molecule has 0 unspecified atom stereocenters. The van der Waals surface area contributed by atoms with Crippen molar-refractivity contribution in [3.05, 3.63) is 247 Å². The van der Waals surface area contributed by atoms with Gasteiger partial charge in [-0.2, -0.15) is 0 Å². The summed E-state index contributed by atoms with van der Waals surface area (Å²) >= 11 is 0. The first-order valence-corrected chi connectivity index (χ1v) is 19.2. The molecule has 0 N–H and O–H groups in total. The SMILES string of the molecule is C=C\C(=C/C=C(C)/C(C=C)=C/c1ccccc1C)C1=CC2=C(c3ccc4c(c3)C=CCC4)c3ccccc3C(C3=CCC=c4ccccc4=C3)=C(C=C1)C2. The van der Waals surface area contributed by atoms with E-state index in [1.165, 1.54) is 77.2 Å². The molecule has 0 fully saturated rings. The van der Waals surface area contributed by atoms with E-state index >= 15 is 0 Å². The zero-order chi connectivity index (χ0) is 37.0. The lowest BCUT2D eigenvalue weighted by molar-refractivity contribution is 0.985. The monoisotopic (exact) mass is 694 g/mol. The smallest absolute Gasteiger partial charge is 0.00128 e. The summed E-state index contributed by atoms with van der Waals surface area (Å²) in [5.41, 5.74) is 20.0. The van der Waals surface area contributed by atoms with E-state index < -0.39 is 0 Å². The molecule has 0 heteroatoms. The lowest BCUT2D eigenvalue weighted by Crippen LogP contribution is -2.23. The predicted octanol–water partition coefficient (Wildman–Crippen LogP) is 12.3. The number of aryl methyl sites for hydroxylation is 2. The Labute approximate surface area is 321 Å². The summed E-state index contributed by atoms with van der Waals surface area (Å²) < 4.78 is 0. The Kier molecular flexibility index (Phi) is 9.93. The van der Waals surface area contributed by atoms with Crippen molar-refractivity contribution in [2.45, 2.75) is 39.5 Å². The maximum atomic E-state index is 4.31. The van der Waals surface area contributed by atoms with Crippen molar-refractivity contribution in [2.75, 3.05) is 0 Å². The third kappa shape index (κ3) is 6.96. The van der Waals surface area contributed by atoms with Gasteiger partial charge in [-0.25, -0.2) is 0 Å². The summed E-state index contributed by atoms with van der Waals surface area (Å²) in [5.74, 6) is 0. The maximum absolute atomic E-state index is 4.31. The zero-order valence-electron chi connectivity index (χ0n) is 31.4. The lowest BCUT2D eigenvalue weighted by atomic mass is 9.84. The van der Waals surface area contributed by atoms with Gasteiger partial charge in [0.25, 0.3) is 0 Å². The summed E-state index contributed by atoms with van der Waals surface area (Å²) in [6.07, 6.45) is 33.3. The highest BCUT2D eigenvalue weighted by Crippen LogP contribution is 2.46. The molecule has 4 aliphatic rings. The van der Waals surface area contributed by atoms with E-state index in [1.807, 2.05) is 12.2 Å². The van der Waals surface area contributed by atoms with Crippen LogP contribution in [-0.2, 0) is 6.42 Å². The van der Waals surface area contributed by atoms with Crippen LogP contribution in [0.4, 0.5) is 0 Å². The average Bonchev–Trinajstić information content (AvgIpc) is 3.61. The third-order valence-corrected chi connectivity index (χ3v) is 11.1. The molecule has 4 aromatic carbocycles. The van der Waals surface area contributed by atoms with Gasteiger partial charge in [0.15, 0.2) is 0 Å². The molecule has 4 aromatic rings. The molecular formula is C54H46. The third-order valence-electron chi connectivity index (χ3n) is 11.1. The van der Waals surface area contributed by atoms with Crippen LogP contribution in [0.5, 0.6) is 0 Å². The second-order valence-electron chi connectivity index (χ2n) is 14.5. The maximum Gasteiger partial charge on any atom is -0.00128 e. The van der Waals surface area contributed by atoms with Gasteiger partial charge in [0.2, 0.25) is 0 Å². The Balaban J connectivity index is 1.32. The first-order chi connectivity index (χ1) is 26.5. The first kappa shape index (κ1) is 34.8. The van der Waals surface area contributed by atoms with E-state index in [0.29, 0.717) is 0 Å². The van der Waals surface area contributed by atoms with Gasteiger partial charge >= 0.3 is 0 Å². The zero-order valence-corrected chi connectivity index (χ0v) is 31.4. The van der Waals surface area contributed by atoms with Crippen LogP contribution in [0.1, 0.15) is 65.1 Å². The second kappa shape index (κ2) is 15.4. The van der Waals surface area contributed by atoms with Crippen LogP contribution in [0.3, 0.4) is 0 Å². The minimum atomic E-state index is 0.821. The lowest BCUT2D eigenvalue weighted by Gasteiger charge is -2.19. The Hall–Kier alpha value is -6.24.